The summed E-state index contributed by atoms with van der Waals surface area (Å²) in [5.74, 6) is 0.817. The van der Waals surface area contributed by atoms with Gasteiger partial charge in [0.05, 0.1) is 0 Å². The zero-order valence-electron chi connectivity index (χ0n) is 26.5. The molecule has 4 aliphatic rings. The highest BCUT2D eigenvalue weighted by molar-refractivity contribution is 8.00. The van der Waals surface area contributed by atoms with Gasteiger partial charge in [0.1, 0.15) is 0 Å². The molecule has 46 heavy (non-hydrogen) atoms. The molecular weight excluding hydrogens is 575 g/mol. The molecule has 0 amide bonds. The van der Waals surface area contributed by atoms with Gasteiger partial charge in [-0.15, -0.1) is 11.8 Å². The summed E-state index contributed by atoms with van der Waals surface area (Å²) in [5, 5.41) is 6.95. The highest BCUT2D eigenvalue weighted by Crippen LogP contribution is 2.54. The van der Waals surface area contributed by atoms with E-state index in [0.717, 1.165) is 6.42 Å². The van der Waals surface area contributed by atoms with Crippen molar-refractivity contribution in [2.24, 2.45) is 5.92 Å². The number of anilines is 1. The third kappa shape index (κ3) is 4.31. The highest BCUT2D eigenvalue weighted by atomic mass is 32.2. The maximum absolute atomic E-state index is 3.90. The molecular formula is C44H37NS. The second kappa shape index (κ2) is 10.5. The fourth-order valence-electron chi connectivity index (χ4n) is 8.28. The van der Waals surface area contributed by atoms with E-state index in [2.05, 4.69) is 160 Å². The van der Waals surface area contributed by atoms with E-state index in [9.17, 15) is 0 Å². The van der Waals surface area contributed by atoms with Gasteiger partial charge in [-0.1, -0.05) is 130 Å². The van der Waals surface area contributed by atoms with Gasteiger partial charge in [0, 0.05) is 32.9 Å². The van der Waals surface area contributed by atoms with E-state index >= 15 is 0 Å². The summed E-state index contributed by atoms with van der Waals surface area (Å²) in [6.45, 7) is 7.11. The molecule has 0 saturated heterocycles. The summed E-state index contributed by atoms with van der Waals surface area (Å²) >= 11 is 2.02. The van der Waals surface area contributed by atoms with Gasteiger partial charge in [0.2, 0.25) is 0 Å². The molecule has 0 aromatic heterocycles. The van der Waals surface area contributed by atoms with Crippen molar-refractivity contribution in [3.05, 3.63) is 161 Å². The first-order valence-corrected chi connectivity index (χ1v) is 17.4. The van der Waals surface area contributed by atoms with Crippen molar-refractivity contribution in [2.75, 3.05) is 5.32 Å². The van der Waals surface area contributed by atoms with E-state index in [1.165, 1.54) is 77.1 Å². The van der Waals surface area contributed by atoms with Crippen LogP contribution in [0, 0.1) is 5.92 Å². The lowest BCUT2D eigenvalue weighted by molar-refractivity contribution is 0.659. The van der Waals surface area contributed by atoms with E-state index in [1.54, 1.807) is 0 Å². The summed E-state index contributed by atoms with van der Waals surface area (Å²) < 4.78 is 0. The third-order valence-electron chi connectivity index (χ3n) is 10.6. The molecule has 1 heterocycles. The van der Waals surface area contributed by atoms with E-state index in [4.69, 9.17) is 0 Å². The average molecular weight is 612 g/mol. The van der Waals surface area contributed by atoms with E-state index in [-0.39, 0.29) is 5.41 Å². The first-order valence-electron chi connectivity index (χ1n) is 16.6. The molecule has 0 fully saturated rings. The van der Waals surface area contributed by atoms with Crippen LogP contribution in [0.5, 0.6) is 0 Å². The Bertz CT molecular complexity index is 2190. The molecule has 3 atom stereocenters. The molecule has 0 bridgehead atoms. The molecule has 0 saturated carbocycles. The number of hydrogen-bond acceptors (Lipinski definition) is 2. The van der Waals surface area contributed by atoms with Crippen LogP contribution in [0.15, 0.2) is 144 Å². The van der Waals surface area contributed by atoms with Crippen molar-refractivity contribution < 1.29 is 0 Å². The van der Waals surface area contributed by atoms with Crippen LogP contribution in [0.1, 0.15) is 55.4 Å². The maximum Gasteiger partial charge on any atom is 0.0391 e. The van der Waals surface area contributed by atoms with Gasteiger partial charge >= 0.3 is 0 Å². The third-order valence-corrected chi connectivity index (χ3v) is 12.1. The van der Waals surface area contributed by atoms with Gasteiger partial charge in [-0.2, -0.15) is 0 Å². The fraction of sp³-hybridized carbons (Fsp3) is 0.182. The van der Waals surface area contributed by atoms with E-state index in [0.29, 0.717) is 17.1 Å². The minimum Gasteiger partial charge on any atom is -0.359 e. The summed E-state index contributed by atoms with van der Waals surface area (Å²) in [6.07, 6.45) is 14.8. The average Bonchev–Trinajstić information content (AvgIpc) is 3.56. The number of nitrogens with one attached hydrogen (secondary N) is 1. The Morgan fingerprint density at radius 2 is 1.50 bits per heavy atom. The minimum absolute atomic E-state index is 0.0128. The molecule has 9 rings (SSSR count). The Morgan fingerprint density at radius 1 is 0.717 bits per heavy atom. The molecule has 1 nitrogen and oxygen atoms in total. The van der Waals surface area contributed by atoms with E-state index < -0.39 is 0 Å². The van der Waals surface area contributed by atoms with Crippen LogP contribution in [0.3, 0.4) is 0 Å². The summed E-state index contributed by atoms with van der Waals surface area (Å²) in [6, 6.07) is 36.3. The number of benzene rings is 5. The Hall–Kier alpha value is -4.53. The molecule has 224 valence electrons. The minimum atomic E-state index is 0.0128. The van der Waals surface area contributed by atoms with Gasteiger partial charge in [-0.25, -0.2) is 0 Å². The quantitative estimate of drug-likeness (QED) is 0.217. The Kier molecular flexibility index (Phi) is 6.34. The number of fused-ring (bicyclic) bond motifs is 7. The first-order chi connectivity index (χ1) is 22.5. The molecule has 5 aromatic rings. The first kappa shape index (κ1) is 27.8. The van der Waals surface area contributed by atoms with Crippen molar-refractivity contribution >= 4 is 33.8 Å². The Morgan fingerprint density at radius 3 is 2.41 bits per heavy atom. The predicted molar refractivity (Wildman–Crippen MR) is 198 cm³/mol. The van der Waals surface area contributed by atoms with Crippen molar-refractivity contribution in [3.8, 4) is 22.3 Å². The fourth-order valence-corrected chi connectivity index (χ4v) is 9.74. The highest BCUT2D eigenvalue weighted by Gasteiger charge is 2.36. The lowest BCUT2D eigenvalue weighted by Gasteiger charge is -2.26. The van der Waals surface area contributed by atoms with Crippen LogP contribution in [0.25, 0.3) is 38.6 Å². The van der Waals surface area contributed by atoms with Gasteiger partial charge < -0.3 is 5.32 Å². The molecule has 2 heteroatoms. The second-order valence-electron chi connectivity index (χ2n) is 13.8. The van der Waals surface area contributed by atoms with Crippen LogP contribution < -0.4 is 5.32 Å². The topological polar surface area (TPSA) is 12.0 Å². The smallest absolute Gasteiger partial charge is 0.0391 e. The largest absolute Gasteiger partial charge is 0.359 e. The summed E-state index contributed by atoms with van der Waals surface area (Å²) in [7, 11) is 0. The summed E-state index contributed by atoms with van der Waals surface area (Å²) in [4.78, 5) is 1.42. The van der Waals surface area contributed by atoms with Gasteiger partial charge in [0.25, 0.3) is 0 Å². The van der Waals surface area contributed by atoms with Gasteiger partial charge in [-0.3, -0.25) is 0 Å². The molecule has 0 radical (unpaired) electrons. The molecule has 5 aromatic carbocycles. The number of hydrogen-bond donors (Lipinski definition) is 1. The van der Waals surface area contributed by atoms with Crippen molar-refractivity contribution in [2.45, 2.75) is 48.7 Å². The van der Waals surface area contributed by atoms with Crippen LogP contribution in [0.2, 0.25) is 0 Å². The van der Waals surface area contributed by atoms with Gasteiger partial charge in [-0.05, 0) is 97.5 Å². The lowest BCUT2D eigenvalue weighted by atomic mass is 9.80. The van der Waals surface area contributed by atoms with Crippen molar-refractivity contribution in [1.82, 2.24) is 0 Å². The second-order valence-corrected chi connectivity index (χ2v) is 15.0. The van der Waals surface area contributed by atoms with Crippen molar-refractivity contribution in [1.29, 1.82) is 0 Å². The predicted octanol–water partition coefficient (Wildman–Crippen LogP) is 11.9. The zero-order chi connectivity index (χ0) is 31.0. The number of allylic oxidation sites excluding steroid dienone is 7. The maximum atomic E-state index is 3.90. The van der Waals surface area contributed by atoms with E-state index in [1.807, 2.05) is 11.8 Å². The molecule has 0 spiro atoms. The number of thioether (sulfide) groups is 1. The van der Waals surface area contributed by atoms with Crippen LogP contribution >= 0.6 is 11.8 Å². The zero-order valence-corrected chi connectivity index (χ0v) is 27.4. The van der Waals surface area contributed by atoms with Gasteiger partial charge in [0.15, 0.2) is 0 Å². The Balaban J connectivity index is 1.08. The standard InChI is InChI=1S/C44H37NS/c1-27-23-30(20-22-32(27)29-19-21-36-35-14-6-8-17-40(35)44(2,3)41(36)24-29)45-31-25-38(34-16-10-12-28-11-4-5-13-33(28)34)43-39(26-31)37-15-7-9-18-42(37)46-43/h4-22,24-27,37,42,45H,23H2,1-3H3. The molecule has 1 aliphatic heterocycles. The van der Waals surface area contributed by atoms with Crippen molar-refractivity contribution in [3.63, 3.8) is 0 Å². The van der Waals surface area contributed by atoms with Crippen LogP contribution in [-0.2, 0) is 5.41 Å². The summed E-state index contributed by atoms with van der Waals surface area (Å²) in [5.41, 5.74) is 14.9. The molecule has 3 aliphatic carbocycles. The number of rotatable bonds is 4. The van der Waals surface area contributed by atoms with Crippen LogP contribution in [0.4, 0.5) is 5.69 Å². The monoisotopic (exact) mass is 611 g/mol. The molecule has 1 N–H and O–H groups in total. The van der Waals surface area contributed by atoms with Crippen LogP contribution in [-0.4, -0.2) is 5.25 Å². The lowest BCUT2D eigenvalue weighted by Crippen LogP contribution is -2.15. The molecule has 3 unspecified atom stereocenters. The normalized spacial score (nSPS) is 21.7. The SMILES string of the molecule is CC1CC(Nc2cc(-c3cccc4ccccc34)c3c(c2)C2C=CC=CC2S3)=CC=C1c1ccc2c(c1)C(C)(C)c1ccccc1-2. The Labute approximate surface area is 276 Å².